The molecule has 8 nitrogen and oxygen atoms in total. The van der Waals surface area contributed by atoms with Gasteiger partial charge in [0.2, 0.25) is 5.91 Å². The lowest BCUT2D eigenvalue weighted by Gasteiger charge is -2.13. The molecule has 0 atom stereocenters. The Morgan fingerprint density at radius 3 is 2.39 bits per heavy atom. The molecule has 0 unspecified atom stereocenters. The van der Waals surface area contributed by atoms with Crippen molar-refractivity contribution in [3.8, 4) is 11.5 Å². The van der Waals surface area contributed by atoms with Gasteiger partial charge in [-0.25, -0.2) is 0 Å². The summed E-state index contributed by atoms with van der Waals surface area (Å²) in [5.74, 6) is 1.36. The minimum atomic E-state index is -0.283. The summed E-state index contributed by atoms with van der Waals surface area (Å²) in [6.07, 6.45) is 1.74. The topological polar surface area (TPSA) is 98.1 Å². The quantitative estimate of drug-likeness (QED) is 0.635. The number of pyridine rings is 1. The Kier molecular flexibility index (Phi) is 6.39. The Labute approximate surface area is 181 Å². The molecule has 1 aromatic carbocycles. The summed E-state index contributed by atoms with van der Waals surface area (Å²) in [7, 11) is 3.36. The van der Waals surface area contributed by atoms with Crippen LogP contribution in [-0.4, -0.2) is 33.6 Å². The minimum absolute atomic E-state index is 0.0908. The van der Waals surface area contributed by atoms with E-state index in [0.29, 0.717) is 17.3 Å². The summed E-state index contributed by atoms with van der Waals surface area (Å²) in [5.41, 5.74) is 1.95. The average molecular weight is 422 g/mol. The van der Waals surface area contributed by atoms with Crippen molar-refractivity contribution in [1.82, 2.24) is 20.1 Å². The highest BCUT2D eigenvalue weighted by Gasteiger charge is 2.19. The highest BCUT2D eigenvalue weighted by Crippen LogP contribution is 2.24. The number of hydrogen-bond acceptors (Lipinski definition) is 5. The maximum absolute atomic E-state index is 12.5. The Bertz CT molecular complexity index is 1080. The number of carbonyl (C=O) groups excluding carboxylic acids is 2. The molecule has 2 N–H and O–H groups in total. The Morgan fingerprint density at radius 1 is 1.06 bits per heavy atom. The highest BCUT2D eigenvalue weighted by molar-refractivity contribution is 5.92. The number of amides is 2. The van der Waals surface area contributed by atoms with Crippen LogP contribution in [0.3, 0.4) is 0 Å². The minimum Gasteiger partial charge on any atom is -0.457 e. The molecule has 162 valence electrons. The second-order valence-electron chi connectivity index (χ2n) is 8.22. The van der Waals surface area contributed by atoms with Crippen molar-refractivity contribution in [2.45, 2.75) is 32.6 Å². The molecule has 0 aliphatic carbocycles. The van der Waals surface area contributed by atoms with Crippen LogP contribution in [0.4, 0.5) is 5.82 Å². The van der Waals surface area contributed by atoms with Crippen LogP contribution >= 0.6 is 0 Å². The van der Waals surface area contributed by atoms with Gasteiger partial charge in [0.15, 0.2) is 0 Å². The highest BCUT2D eigenvalue weighted by atomic mass is 16.5. The Morgan fingerprint density at radius 2 is 1.77 bits per heavy atom. The smallest absolute Gasteiger partial charge is 0.269 e. The molecule has 0 saturated carbocycles. The summed E-state index contributed by atoms with van der Waals surface area (Å²) in [6.45, 7) is 6.24. The third-order valence-corrected chi connectivity index (χ3v) is 4.63. The number of hydrogen-bond donors (Lipinski definition) is 2. The fraction of sp³-hybridized carbons (Fsp3) is 0.304. The van der Waals surface area contributed by atoms with E-state index in [-0.39, 0.29) is 29.3 Å². The number of anilines is 1. The van der Waals surface area contributed by atoms with Crippen LogP contribution in [0.15, 0.2) is 48.7 Å². The second kappa shape index (κ2) is 8.99. The largest absolute Gasteiger partial charge is 0.457 e. The van der Waals surface area contributed by atoms with Gasteiger partial charge in [-0.15, -0.1) is 0 Å². The van der Waals surface area contributed by atoms with Crippen molar-refractivity contribution in [2.75, 3.05) is 12.4 Å². The monoisotopic (exact) mass is 421 g/mol. The average Bonchev–Trinajstić information content (AvgIpc) is 3.10. The molecule has 0 bridgehead atoms. The second-order valence-corrected chi connectivity index (χ2v) is 8.22. The van der Waals surface area contributed by atoms with Crippen molar-refractivity contribution in [3.63, 3.8) is 0 Å². The standard InChI is InChI=1S/C23H27N5O3/c1-23(2,3)19-14-20(28(5)27-19)26-21(29)12-15-6-8-16(9-7-15)31-17-10-11-25-18(13-17)22(30)24-4/h6-11,13-14H,12H2,1-5H3,(H,24,30)(H,26,29). The van der Waals surface area contributed by atoms with E-state index >= 15 is 0 Å². The molecule has 0 aliphatic heterocycles. The van der Waals surface area contributed by atoms with Crippen LogP contribution in [0.2, 0.25) is 0 Å². The van der Waals surface area contributed by atoms with Crippen molar-refractivity contribution < 1.29 is 14.3 Å². The van der Waals surface area contributed by atoms with Gasteiger partial charge in [0.05, 0.1) is 12.1 Å². The van der Waals surface area contributed by atoms with Crippen LogP contribution in [0.1, 0.15) is 42.5 Å². The van der Waals surface area contributed by atoms with Gasteiger partial charge in [-0.05, 0) is 23.8 Å². The normalized spacial score (nSPS) is 11.1. The lowest BCUT2D eigenvalue weighted by Crippen LogP contribution is -2.18. The molecular formula is C23H27N5O3. The molecule has 3 rings (SSSR count). The van der Waals surface area contributed by atoms with Gasteiger partial charge in [0.25, 0.3) is 5.91 Å². The Hall–Kier alpha value is -3.68. The number of ether oxygens (including phenoxy) is 1. The van der Waals surface area contributed by atoms with Gasteiger partial charge in [-0.3, -0.25) is 19.3 Å². The molecule has 0 saturated heterocycles. The first kappa shape index (κ1) is 22.0. The van der Waals surface area contributed by atoms with E-state index in [1.54, 1.807) is 36.0 Å². The zero-order chi connectivity index (χ0) is 22.6. The number of benzene rings is 1. The maximum atomic E-state index is 12.5. The number of nitrogens with one attached hydrogen (secondary N) is 2. The molecule has 2 aromatic heterocycles. The van der Waals surface area contributed by atoms with Gasteiger partial charge >= 0.3 is 0 Å². The van der Waals surface area contributed by atoms with Gasteiger partial charge in [-0.1, -0.05) is 32.9 Å². The van der Waals surface area contributed by atoms with Crippen LogP contribution in [0, 0.1) is 0 Å². The van der Waals surface area contributed by atoms with E-state index in [1.807, 2.05) is 25.2 Å². The van der Waals surface area contributed by atoms with E-state index in [9.17, 15) is 9.59 Å². The van der Waals surface area contributed by atoms with Crippen LogP contribution < -0.4 is 15.4 Å². The number of aromatic nitrogens is 3. The zero-order valence-corrected chi connectivity index (χ0v) is 18.4. The first-order chi connectivity index (χ1) is 14.7. The molecule has 2 heterocycles. The van der Waals surface area contributed by atoms with Gasteiger partial charge in [-0.2, -0.15) is 5.10 Å². The predicted octanol–water partition coefficient (Wildman–Crippen LogP) is 3.45. The van der Waals surface area contributed by atoms with Gasteiger partial charge in [0, 0.05) is 37.8 Å². The van der Waals surface area contributed by atoms with E-state index in [4.69, 9.17) is 4.74 Å². The Balaban J connectivity index is 1.61. The summed E-state index contributed by atoms with van der Waals surface area (Å²) >= 11 is 0. The third kappa shape index (κ3) is 5.69. The van der Waals surface area contributed by atoms with E-state index in [1.165, 1.54) is 6.20 Å². The lowest BCUT2D eigenvalue weighted by atomic mass is 9.92. The molecule has 3 aromatic rings. The van der Waals surface area contributed by atoms with Crippen molar-refractivity contribution in [3.05, 3.63) is 65.6 Å². The summed E-state index contributed by atoms with van der Waals surface area (Å²) < 4.78 is 7.47. The molecule has 0 spiro atoms. The molecule has 0 radical (unpaired) electrons. The predicted molar refractivity (Wildman–Crippen MR) is 118 cm³/mol. The van der Waals surface area contributed by atoms with E-state index < -0.39 is 0 Å². The summed E-state index contributed by atoms with van der Waals surface area (Å²) in [4.78, 5) is 28.2. The summed E-state index contributed by atoms with van der Waals surface area (Å²) in [6, 6.07) is 12.4. The zero-order valence-electron chi connectivity index (χ0n) is 18.4. The number of rotatable bonds is 6. The SMILES string of the molecule is CNC(=O)c1cc(Oc2ccc(CC(=O)Nc3cc(C(C)(C)C)nn3C)cc2)ccn1. The number of nitrogens with zero attached hydrogens (tertiary/aromatic N) is 3. The first-order valence-electron chi connectivity index (χ1n) is 9.95. The molecule has 31 heavy (non-hydrogen) atoms. The lowest BCUT2D eigenvalue weighted by molar-refractivity contribution is -0.115. The van der Waals surface area contributed by atoms with Crippen LogP contribution in [0.5, 0.6) is 11.5 Å². The van der Waals surface area contributed by atoms with Crippen molar-refractivity contribution >= 4 is 17.6 Å². The fourth-order valence-corrected chi connectivity index (χ4v) is 2.86. The van der Waals surface area contributed by atoms with Crippen molar-refractivity contribution in [1.29, 1.82) is 0 Å². The fourth-order valence-electron chi connectivity index (χ4n) is 2.86. The molecular weight excluding hydrogens is 394 g/mol. The summed E-state index contributed by atoms with van der Waals surface area (Å²) in [5, 5.41) is 9.91. The first-order valence-corrected chi connectivity index (χ1v) is 9.95. The number of aryl methyl sites for hydroxylation is 1. The van der Waals surface area contributed by atoms with E-state index in [0.717, 1.165) is 11.3 Å². The van der Waals surface area contributed by atoms with Gasteiger partial charge in [0.1, 0.15) is 23.0 Å². The van der Waals surface area contributed by atoms with E-state index in [2.05, 4.69) is 41.5 Å². The molecule has 0 fully saturated rings. The van der Waals surface area contributed by atoms with Crippen LogP contribution in [-0.2, 0) is 23.7 Å². The third-order valence-electron chi connectivity index (χ3n) is 4.63. The molecule has 8 heteroatoms. The maximum Gasteiger partial charge on any atom is 0.269 e. The van der Waals surface area contributed by atoms with Crippen LogP contribution in [0.25, 0.3) is 0 Å². The van der Waals surface area contributed by atoms with Gasteiger partial charge < -0.3 is 15.4 Å². The van der Waals surface area contributed by atoms with Crippen molar-refractivity contribution in [2.24, 2.45) is 7.05 Å². The molecule has 0 aliphatic rings. The molecule has 2 amide bonds. The number of carbonyl (C=O) groups is 2.